The molecule has 1 amide bonds. The maximum absolute atomic E-state index is 11.7. The third kappa shape index (κ3) is 4.42. The number of likely N-dealkylation sites (tertiary alicyclic amines) is 1. The van der Waals surface area contributed by atoms with Crippen LogP contribution in [0.2, 0.25) is 0 Å². The normalized spacial score (nSPS) is 26.2. The molecule has 2 fully saturated rings. The smallest absolute Gasteiger partial charge is 0.246 e. The van der Waals surface area contributed by atoms with Gasteiger partial charge in [-0.1, -0.05) is 25.4 Å². The molecule has 1 N–H and O–H groups in total. The molecule has 25 heavy (non-hydrogen) atoms. The summed E-state index contributed by atoms with van der Waals surface area (Å²) in [5.41, 5.74) is 1.10. The van der Waals surface area contributed by atoms with Crippen LogP contribution in [0.4, 0.5) is 0 Å². The number of hydrogen-bond acceptors (Lipinski definition) is 5. The highest BCUT2D eigenvalue weighted by atomic mass is 16.5. The van der Waals surface area contributed by atoms with Crippen molar-refractivity contribution in [1.29, 1.82) is 0 Å². The molecule has 0 unspecified atom stereocenters. The molecule has 1 saturated heterocycles. The lowest BCUT2D eigenvalue weighted by Crippen LogP contribution is -2.59. The molecule has 0 bridgehead atoms. The van der Waals surface area contributed by atoms with E-state index in [0.717, 1.165) is 43.9 Å². The molecule has 1 aliphatic heterocycles. The van der Waals surface area contributed by atoms with Crippen LogP contribution in [-0.2, 0) is 22.5 Å². The lowest BCUT2D eigenvalue weighted by molar-refractivity contribution is -0.129. The molecule has 0 aromatic carbocycles. The lowest BCUT2D eigenvalue weighted by Gasteiger charge is -2.52. The van der Waals surface area contributed by atoms with E-state index in [1.165, 1.54) is 19.3 Å². The molecule has 6 nitrogen and oxygen atoms in total. The van der Waals surface area contributed by atoms with Gasteiger partial charge in [0.1, 0.15) is 6.61 Å². The van der Waals surface area contributed by atoms with Crippen molar-refractivity contribution in [3.63, 3.8) is 0 Å². The largest absolute Gasteiger partial charge is 0.375 e. The molecule has 3 rings (SSSR count). The average molecular weight is 349 g/mol. The van der Waals surface area contributed by atoms with Crippen LogP contribution in [0.5, 0.6) is 0 Å². The second kappa shape index (κ2) is 7.87. The summed E-state index contributed by atoms with van der Waals surface area (Å²) in [4.78, 5) is 14.2. The standard InChI is InChI=1S/C19H31N3O3/c1-19(2)14(10-17(19)20-18(23)13-24-3)9-15-11-16(25-21-15)12-22-7-5-4-6-8-22/h11,14,17H,4-10,12-13H2,1-3H3,(H,20,23)/t14-,17+/m1/s1. The Morgan fingerprint density at radius 2 is 2.16 bits per heavy atom. The van der Waals surface area contributed by atoms with E-state index in [4.69, 9.17) is 9.26 Å². The Balaban J connectivity index is 1.49. The Kier molecular flexibility index (Phi) is 5.79. The highest BCUT2D eigenvalue weighted by Crippen LogP contribution is 2.47. The highest BCUT2D eigenvalue weighted by molar-refractivity contribution is 5.77. The summed E-state index contributed by atoms with van der Waals surface area (Å²) in [7, 11) is 1.54. The monoisotopic (exact) mass is 349 g/mol. The summed E-state index contributed by atoms with van der Waals surface area (Å²) in [5, 5.41) is 7.34. The first-order valence-electron chi connectivity index (χ1n) is 9.44. The molecule has 2 heterocycles. The van der Waals surface area contributed by atoms with E-state index in [-0.39, 0.29) is 24.0 Å². The summed E-state index contributed by atoms with van der Waals surface area (Å²) >= 11 is 0. The first-order chi connectivity index (χ1) is 12.0. The van der Waals surface area contributed by atoms with E-state index in [0.29, 0.717) is 5.92 Å². The fraction of sp³-hybridized carbons (Fsp3) is 0.789. The average Bonchev–Trinajstić information content (AvgIpc) is 3.02. The molecular formula is C19H31N3O3. The van der Waals surface area contributed by atoms with E-state index in [9.17, 15) is 4.79 Å². The predicted octanol–water partition coefficient (Wildman–Crippen LogP) is 2.38. The van der Waals surface area contributed by atoms with E-state index in [2.05, 4.69) is 35.3 Å². The third-order valence-electron chi connectivity index (χ3n) is 5.97. The summed E-state index contributed by atoms with van der Waals surface area (Å²) in [6.07, 6.45) is 5.81. The van der Waals surface area contributed by atoms with Gasteiger partial charge in [-0.2, -0.15) is 0 Å². The zero-order valence-electron chi connectivity index (χ0n) is 15.7. The molecule has 1 aromatic rings. The van der Waals surface area contributed by atoms with Crippen molar-refractivity contribution >= 4 is 5.91 Å². The predicted molar refractivity (Wildman–Crippen MR) is 95.0 cm³/mol. The Morgan fingerprint density at radius 3 is 2.84 bits per heavy atom. The van der Waals surface area contributed by atoms with Crippen LogP contribution in [0.3, 0.4) is 0 Å². The van der Waals surface area contributed by atoms with Gasteiger partial charge in [0, 0.05) is 19.2 Å². The molecule has 6 heteroatoms. The Hall–Kier alpha value is -1.40. The number of methoxy groups -OCH3 is 1. The van der Waals surface area contributed by atoms with Crippen LogP contribution in [0.25, 0.3) is 0 Å². The topological polar surface area (TPSA) is 67.6 Å². The minimum atomic E-state index is -0.0377. The van der Waals surface area contributed by atoms with Crippen LogP contribution in [0.1, 0.15) is 51.0 Å². The number of hydrogen-bond donors (Lipinski definition) is 1. The molecule has 0 spiro atoms. The van der Waals surface area contributed by atoms with Gasteiger partial charge in [-0.3, -0.25) is 9.69 Å². The van der Waals surface area contributed by atoms with Crippen molar-refractivity contribution in [2.45, 2.75) is 58.5 Å². The van der Waals surface area contributed by atoms with Gasteiger partial charge in [-0.15, -0.1) is 0 Å². The van der Waals surface area contributed by atoms with Crippen molar-refractivity contribution < 1.29 is 14.1 Å². The first kappa shape index (κ1) is 18.4. The van der Waals surface area contributed by atoms with Crippen LogP contribution < -0.4 is 5.32 Å². The van der Waals surface area contributed by atoms with Crippen LogP contribution >= 0.6 is 0 Å². The zero-order valence-corrected chi connectivity index (χ0v) is 15.7. The van der Waals surface area contributed by atoms with Gasteiger partial charge in [-0.05, 0) is 50.1 Å². The van der Waals surface area contributed by atoms with Gasteiger partial charge in [0.15, 0.2) is 5.76 Å². The fourth-order valence-electron chi connectivity index (χ4n) is 4.09. The molecule has 1 saturated carbocycles. The van der Waals surface area contributed by atoms with Crippen LogP contribution in [0, 0.1) is 11.3 Å². The lowest BCUT2D eigenvalue weighted by atomic mass is 9.57. The molecule has 2 aliphatic rings. The Labute approximate surface area is 150 Å². The van der Waals surface area contributed by atoms with Gasteiger partial charge in [0.2, 0.25) is 5.91 Å². The summed E-state index contributed by atoms with van der Waals surface area (Å²) in [6, 6.07) is 2.32. The van der Waals surface area contributed by atoms with Crippen molar-refractivity contribution in [2.75, 3.05) is 26.8 Å². The third-order valence-corrected chi connectivity index (χ3v) is 5.97. The fourth-order valence-corrected chi connectivity index (χ4v) is 4.09. The van der Waals surface area contributed by atoms with E-state index >= 15 is 0 Å². The number of nitrogens with zero attached hydrogens (tertiary/aromatic N) is 2. The number of rotatable bonds is 7. The van der Waals surface area contributed by atoms with Crippen LogP contribution in [-0.4, -0.2) is 48.8 Å². The van der Waals surface area contributed by atoms with E-state index < -0.39 is 0 Å². The minimum absolute atomic E-state index is 0.0377. The number of aromatic nitrogens is 1. The van der Waals surface area contributed by atoms with Gasteiger partial charge in [-0.25, -0.2) is 0 Å². The number of carbonyl (C=O) groups is 1. The number of carbonyl (C=O) groups excluding carboxylic acids is 1. The highest BCUT2D eigenvalue weighted by Gasteiger charge is 2.48. The molecular weight excluding hydrogens is 318 g/mol. The molecule has 0 radical (unpaired) electrons. The van der Waals surface area contributed by atoms with Crippen LogP contribution in [0.15, 0.2) is 10.6 Å². The quantitative estimate of drug-likeness (QED) is 0.819. The van der Waals surface area contributed by atoms with Gasteiger partial charge in [0.05, 0.1) is 12.2 Å². The number of piperidine rings is 1. The van der Waals surface area contributed by atoms with Crippen molar-refractivity contribution in [3.05, 3.63) is 17.5 Å². The minimum Gasteiger partial charge on any atom is -0.375 e. The second-order valence-corrected chi connectivity index (χ2v) is 8.13. The van der Waals surface area contributed by atoms with Crippen molar-refractivity contribution in [1.82, 2.24) is 15.4 Å². The van der Waals surface area contributed by atoms with Gasteiger partial charge >= 0.3 is 0 Å². The molecule has 140 valence electrons. The number of nitrogens with one attached hydrogen (secondary N) is 1. The zero-order chi connectivity index (χ0) is 17.9. The van der Waals surface area contributed by atoms with E-state index in [1.54, 1.807) is 7.11 Å². The van der Waals surface area contributed by atoms with E-state index in [1.807, 2.05) is 0 Å². The maximum atomic E-state index is 11.7. The summed E-state index contributed by atoms with van der Waals surface area (Å²) < 4.78 is 10.4. The summed E-state index contributed by atoms with van der Waals surface area (Å²) in [6.45, 7) is 7.75. The van der Waals surface area contributed by atoms with Gasteiger partial charge in [0.25, 0.3) is 0 Å². The molecule has 2 atom stereocenters. The van der Waals surface area contributed by atoms with Gasteiger partial charge < -0.3 is 14.6 Å². The summed E-state index contributed by atoms with van der Waals surface area (Å²) in [5.74, 6) is 1.44. The van der Waals surface area contributed by atoms with Crippen molar-refractivity contribution in [3.8, 4) is 0 Å². The Bertz CT molecular complexity index is 578. The molecule has 1 aliphatic carbocycles. The molecule has 1 aromatic heterocycles. The van der Waals surface area contributed by atoms with Crippen molar-refractivity contribution in [2.24, 2.45) is 11.3 Å². The number of amides is 1. The SMILES string of the molecule is COCC(=O)N[C@H]1C[C@@H](Cc2cc(CN3CCCCC3)on2)C1(C)C. The maximum Gasteiger partial charge on any atom is 0.246 e. The Morgan fingerprint density at radius 1 is 1.40 bits per heavy atom. The second-order valence-electron chi connectivity index (χ2n) is 8.13. The number of ether oxygens (including phenoxy) is 1. The first-order valence-corrected chi connectivity index (χ1v) is 9.44.